The average Bonchev–Trinajstić information content (AvgIpc) is 2.66. The summed E-state index contributed by atoms with van der Waals surface area (Å²) < 4.78 is 4.98. The molecule has 1 aliphatic heterocycles. The van der Waals surface area contributed by atoms with Crippen LogP contribution in [0.2, 0.25) is 0 Å². The summed E-state index contributed by atoms with van der Waals surface area (Å²) in [7, 11) is 0. The number of esters is 1. The van der Waals surface area contributed by atoms with E-state index in [0.29, 0.717) is 12.0 Å². The molecule has 1 saturated heterocycles. The number of thioether (sulfide) groups is 1. The lowest BCUT2D eigenvalue weighted by Gasteiger charge is -2.41. The van der Waals surface area contributed by atoms with Gasteiger partial charge in [-0.05, 0) is 24.1 Å². The zero-order chi connectivity index (χ0) is 20.7. The summed E-state index contributed by atoms with van der Waals surface area (Å²) in [6.45, 7) is 1.83. The van der Waals surface area contributed by atoms with Gasteiger partial charge < -0.3 is 9.84 Å². The molecule has 10 heteroatoms. The molecule has 1 aromatic carbocycles. The summed E-state index contributed by atoms with van der Waals surface area (Å²) in [5.74, 6) is -1.45. The highest BCUT2D eigenvalue weighted by atomic mass is 32.2. The first-order chi connectivity index (χ1) is 13.3. The van der Waals surface area contributed by atoms with Crippen molar-refractivity contribution in [3.8, 4) is 0 Å². The van der Waals surface area contributed by atoms with Crippen molar-refractivity contribution in [3.63, 3.8) is 0 Å². The number of non-ortho nitro benzene ring substituents is 1. The van der Waals surface area contributed by atoms with Crippen molar-refractivity contribution in [2.24, 2.45) is 0 Å². The molecule has 2 atom stereocenters. The average molecular weight is 410 g/mol. The van der Waals surface area contributed by atoms with Crippen molar-refractivity contribution in [1.29, 1.82) is 0 Å². The number of nitro groups is 1. The number of nitro benzene ring substituents is 1. The minimum absolute atomic E-state index is 0.0802. The number of carbonyl (C=O) groups is 3. The first-order valence-corrected chi connectivity index (χ1v) is 9.80. The predicted octanol–water partition coefficient (Wildman–Crippen LogP) is 2.35. The maximum atomic E-state index is 12.0. The van der Waals surface area contributed by atoms with Gasteiger partial charge in [0.25, 0.3) is 5.69 Å². The molecule has 1 heterocycles. The molecule has 0 saturated carbocycles. The van der Waals surface area contributed by atoms with Gasteiger partial charge in [0, 0.05) is 18.6 Å². The van der Waals surface area contributed by atoms with Gasteiger partial charge in [-0.1, -0.05) is 31.5 Å². The predicted molar refractivity (Wildman–Crippen MR) is 101 cm³/mol. The van der Waals surface area contributed by atoms with Gasteiger partial charge in [-0.2, -0.15) is 0 Å². The summed E-state index contributed by atoms with van der Waals surface area (Å²) in [6.07, 6.45) is 1.38. The van der Waals surface area contributed by atoms with Crippen LogP contribution in [0, 0.1) is 10.1 Å². The van der Waals surface area contributed by atoms with E-state index in [1.807, 2.05) is 6.92 Å². The van der Waals surface area contributed by atoms with E-state index in [9.17, 15) is 29.6 Å². The Labute approximate surface area is 166 Å². The molecule has 0 radical (unpaired) electrons. The number of aliphatic hydroxyl groups excluding tert-OH is 1. The van der Waals surface area contributed by atoms with E-state index in [0.717, 1.165) is 35.9 Å². The molecule has 0 aliphatic carbocycles. The summed E-state index contributed by atoms with van der Waals surface area (Å²) in [6, 6.07) is 5.41. The van der Waals surface area contributed by atoms with Gasteiger partial charge in [0.15, 0.2) is 5.12 Å². The quantitative estimate of drug-likeness (QED) is 0.205. The van der Waals surface area contributed by atoms with Crippen LogP contribution in [-0.4, -0.2) is 43.5 Å². The molecule has 1 N–H and O–H groups in total. The lowest BCUT2D eigenvalue weighted by Crippen LogP contribution is -2.59. The zero-order valence-electron chi connectivity index (χ0n) is 15.4. The van der Waals surface area contributed by atoms with Crippen LogP contribution in [0.15, 0.2) is 24.3 Å². The largest absolute Gasteiger partial charge is 0.457 e. The van der Waals surface area contributed by atoms with Crippen molar-refractivity contribution in [1.82, 2.24) is 4.90 Å². The minimum atomic E-state index is -1.79. The number of amides is 1. The maximum Gasteiger partial charge on any atom is 0.356 e. The van der Waals surface area contributed by atoms with Gasteiger partial charge in [-0.15, -0.1) is 0 Å². The molecular formula is C18H22N2O7S. The van der Waals surface area contributed by atoms with Gasteiger partial charge in [0.2, 0.25) is 12.1 Å². The molecular weight excluding hydrogens is 388 g/mol. The first-order valence-electron chi connectivity index (χ1n) is 8.92. The van der Waals surface area contributed by atoms with Crippen LogP contribution in [0.3, 0.4) is 0 Å². The monoisotopic (exact) mass is 410 g/mol. The second-order valence-corrected chi connectivity index (χ2v) is 7.55. The summed E-state index contributed by atoms with van der Waals surface area (Å²) >= 11 is 0.948. The molecule has 0 bridgehead atoms. The lowest BCUT2D eigenvalue weighted by atomic mass is 10.2. The topological polar surface area (TPSA) is 127 Å². The Balaban J connectivity index is 1.84. The van der Waals surface area contributed by atoms with Crippen molar-refractivity contribution in [3.05, 3.63) is 39.9 Å². The molecule has 1 fully saturated rings. The van der Waals surface area contributed by atoms with E-state index >= 15 is 0 Å². The van der Waals surface area contributed by atoms with Crippen molar-refractivity contribution in [2.45, 2.75) is 57.2 Å². The van der Waals surface area contributed by atoms with Crippen LogP contribution in [0.5, 0.6) is 0 Å². The Bertz CT molecular complexity index is 738. The summed E-state index contributed by atoms with van der Waals surface area (Å²) in [5.41, 5.74) is 0.405. The van der Waals surface area contributed by atoms with Crippen LogP contribution in [0.4, 0.5) is 5.69 Å². The number of aliphatic hydroxyl groups is 1. The van der Waals surface area contributed by atoms with Crippen LogP contribution in [-0.2, 0) is 25.7 Å². The number of hydrogen-bond donors (Lipinski definition) is 1. The van der Waals surface area contributed by atoms with Gasteiger partial charge >= 0.3 is 5.97 Å². The van der Waals surface area contributed by atoms with Crippen LogP contribution < -0.4 is 0 Å². The van der Waals surface area contributed by atoms with E-state index in [2.05, 4.69) is 0 Å². The fourth-order valence-corrected chi connectivity index (χ4v) is 3.72. The number of hydrogen-bond acceptors (Lipinski definition) is 8. The molecule has 1 aromatic rings. The third kappa shape index (κ3) is 5.77. The molecule has 1 aliphatic rings. The van der Waals surface area contributed by atoms with Gasteiger partial charge in [0.1, 0.15) is 6.61 Å². The second-order valence-electron chi connectivity index (χ2n) is 6.31. The highest BCUT2D eigenvalue weighted by Crippen LogP contribution is 2.32. The van der Waals surface area contributed by atoms with Crippen LogP contribution in [0.1, 0.15) is 44.6 Å². The van der Waals surface area contributed by atoms with Crippen LogP contribution in [0.25, 0.3) is 0 Å². The Morgan fingerprint density at radius 2 is 2.04 bits per heavy atom. The van der Waals surface area contributed by atoms with E-state index in [1.165, 1.54) is 24.3 Å². The van der Waals surface area contributed by atoms with Gasteiger partial charge in [-0.25, -0.2) is 4.79 Å². The molecule has 2 unspecified atom stereocenters. The van der Waals surface area contributed by atoms with Crippen molar-refractivity contribution >= 4 is 34.4 Å². The number of nitrogens with zero attached hydrogens (tertiary/aromatic N) is 2. The standard InChI is InChI=1S/C18H22N2O7S/c1-2-3-4-5-16(22)28-15-10-14(21)19(15)17(23)18(24)27-11-12-6-8-13(9-7-12)20(25)26/h6-9,15,17,23H,2-5,10-11H2,1H3. The third-order valence-electron chi connectivity index (χ3n) is 4.20. The fraction of sp³-hybridized carbons (Fsp3) is 0.500. The number of benzene rings is 1. The fourth-order valence-electron chi connectivity index (χ4n) is 2.58. The first kappa shape index (κ1) is 21.8. The highest BCUT2D eigenvalue weighted by Gasteiger charge is 2.45. The number of β-lactam (4-membered cyclic amide) rings is 1. The Morgan fingerprint density at radius 1 is 1.36 bits per heavy atom. The highest BCUT2D eigenvalue weighted by molar-refractivity contribution is 8.14. The smallest absolute Gasteiger partial charge is 0.356 e. The van der Waals surface area contributed by atoms with E-state index < -0.39 is 28.4 Å². The summed E-state index contributed by atoms with van der Waals surface area (Å²) in [4.78, 5) is 46.8. The molecule has 28 heavy (non-hydrogen) atoms. The Hall–Kier alpha value is -2.46. The van der Waals surface area contributed by atoms with Gasteiger partial charge in [0.05, 0.1) is 16.7 Å². The Kier molecular flexibility index (Phi) is 7.94. The molecule has 9 nitrogen and oxygen atoms in total. The normalized spacial score (nSPS) is 17.0. The van der Waals surface area contributed by atoms with E-state index in [4.69, 9.17) is 4.74 Å². The van der Waals surface area contributed by atoms with Gasteiger partial charge in [-0.3, -0.25) is 24.6 Å². The third-order valence-corrected chi connectivity index (χ3v) is 5.33. The minimum Gasteiger partial charge on any atom is -0.457 e. The number of carbonyl (C=O) groups excluding carboxylic acids is 3. The second kappa shape index (κ2) is 10.2. The molecule has 0 aromatic heterocycles. The molecule has 1 amide bonds. The molecule has 2 rings (SSSR count). The number of rotatable bonds is 10. The number of unbranched alkanes of at least 4 members (excludes halogenated alkanes) is 2. The Morgan fingerprint density at radius 3 is 2.61 bits per heavy atom. The lowest BCUT2D eigenvalue weighted by molar-refractivity contribution is -0.384. The number of likely N-dealkylation sites (tertiary alicyclic amines) is 1. The van der Waals surface area contributed by atoms with Crippen molar-refractivity contribution < 1.29 is 29.2 Å². The molecule has 152 valence electrons. The molecule has 0 spiro atoms. The zero-order valence-corrected chi connectivity index (χ0v) is 16.2. The van der Waals surface area contributed by atoms with E-state index in [-0.39, 0.29) is 23.8 Å². The maximum absolute atomic E-state index is 12.0. The van der Waals surface area contributed by atoms with Crippen LogP contribution >= 0.6 is 11.8 Å². The van der Waals surface area contributed by atoms with E-state index in [1.54, 1.807) is 0 Å². The SMILES string of the molecule is CCCCCC(=O)SC1CC(=O)N1C(O)C(=O)OCc1ccc([N+](=O)[O-])cc1. The van der Waals surface area contributed by atoms with Crippen molar-refractivity contribution in [2.75, 3.05) is 0 Å². The number of ether oxygens (including phenoxy) is 1. The summed E-state index contributed by atoms with van der Waals surface area (Å²) in [5, 5.41) is 20.1.